The van der Waals surface area contributed by atoms with Crippen LogP contribution in [0.5, 0.6) is 0 Å². The van der Waals surface area contributed by atoms with Gasteiger partial charge in [-0.1, -0.05) is 24.3 Å². The summed E-state index contributed by atoms with van der Waals surface area (Å²) in [7, 11) is 0. The van der Waals surface area contributed by atoms with Crippen molar-refractivity contribution in [2.24, 2.45) is 5.84 Å². The van der Waals surface area contributed by atoms with Gasteiger partial charge in [0.2, 0.25) is 0 Å². The molecule has 2 atom stereocenters. The molecule has 1 aliphatic rings. The Morgan fingerprint density at radius 2 is 2.14 bits per heavy atom. The van der Waals surface area contributed by atoms with Gasteiger partial charge in [0, 0.05) is 18.2 Å². The molecule has 0 aliphatic heterocycles. The largest absolute Gasteiger partial charge is 0.384 e. The first kappa shape index (κ1) is 14.0. The van der Waals surface area contributed by atoms with Crippen LogP contribution in [-0.4, -0.2) is 11.0 Å². The van der Waals surface area contributed by atoms with E-state index in [0.717, 1.165) is 6.42 Å². The first-order valence-electron chi connectivity index (χ1n) is 7.52. The predicted molar refractivity (Wildman–Crippen MR) is 85.6 cm³/mol. The zero-order chi connectivity index (χ0) is 14.7. The summed E-state index contributed by atoms with van der Waals surface area (Å²) in [6.45, 7) is 0. The molecule has 21 heavy (non-hydrogen) atoms. The molecule has 0 amide bonds. The lowest BCUT2D eigenvalue weighted by molar-refractivity contribution is 0.395. The maximum absolute atomic E-state index is 5.85. The minimum Gasteiger partial charge on any atom is -0.384 e. The Morgan fingerprint density at radius 1 is 1.29 bits per heavy atom. The summed E-state index contributed by atoms with van der Waals surface area (Å²) < 4.78 is 0. The molecule has 4 nitrogen and oxygen atoms in total. The van der Waals surface area contributed by atoms with Gasteiger partial charge in [0.15, 0.2) is 0 Å². The predicted octanol–water partition coefficient (Wildman–Crippen LogP) is 2.16. The van der Waals surface area contributed by atoms with Crippen molar-refractivity contribution in [2.75, 3.05) is 5.73 Å². The van der Waals surface area contributed by atoms with Crippen molar-refractivity contribution < 1.29 is 0 Å². The Labute approximate surface area is 125 Å². The fourth-order valence-corrected chi connectivity index (χ4v) is 3.40. The topological polar surface area (TPSA) is 77.0 Å². The van der Waals surface area contributed by atoms with Crippen LogP contribution in [0.2, 0.25) is 0 Å². The summed E-state index contributed by atoms with van der Waals surface area (Å²) in [6, 6.07) is 12.9. The van der Waals surface area contributed by atoms with Gasteiger partial charge < -0.3 is 5.73 Å². The number of hydrazine groups is 1. The van der Waals surface area contributed by atoms with Crippen LogP contribution in [0.1, 0.15) is 35.4 Å². The maximum atomic E-state index is 5.85. The molecule has 0 saturated heterocycles. The second-order valence-electron chi connectivity index (χ2n) is 5.76. The van der Waals surface area contributed by atoms with Gasteiger partial charge in [-0.25, -0.2) is 4.98 Å². The number of fused-ring (bicyclic) bond motifs is 1. The van der Waals surface area contributed by atoms with Gasteiger partial charge in [0.1, 0.15) is 5.82 Å². The zero-order valence-electron chi connectivity index (χ0n) is 12.1. The Hall–Kier alpha value is -1.91. The van der Waals surface area contributed by atoms with E-state index in [1.165, 1.54) is 36.0 Å². The quantitative estimate of drug-likeness (QED) is 0.593. The van der Waals surface area contributed by atoms with E-state index in [0.29, 0.717) is 11.7 Å². The number of hydrogen-bond donors (Lipinski definition) is 3. The van der Waals surface area contributed by atoms with Crippen LogP contribution < -0.4 is 17.0 Å². The van der Waals surface area contributed by atoms with E-state index in [-0.39, 0.29) is 6.04 Å². The van der Waals surface area contributed by atoms with Crippen LogP contribution in [-0.2, 0) is 12.8 Å². The molecule has 1 aromatic heterocycles. The number of rotatable bonds is 4. The molecule has 1 aliphatic carbocycles. The summed E-state index contributed by atoms with van der Waals surface area (Å²) >= 11 is 0. The van der Waals surface area contributed by atoms with E-state index in [9.17, 15) is 0 Å². The molecule has 2 aromatic rings. The number of nitrogen functional groups attached to an aromatic ring is 1. The highest BCUT2D eigenvalue weighted by atomic mass is 15.2. The molecule has 0 spiro atoms. The van der Waals surface area contributed by atoms with E-state index >= 15 is 0 Å². The van der Waals surface area contributed by atoms with Gasteiger partial charge in [-0.15, -0.1) is 0 Å². The average Bonchev–Trinajstić information content (AvgIpc) is 2.52. The maximum Gasteiger partial charge on any atom is 0.123 e. The third-order valence-electron chi connectivity index (χ3n) is 4.42. The molecule has 0 saturated carbocycles. The molecular weight excluding hydrogens is 260 g/mol. The zero-order valence-corrected chi connectivity index (χ0v) is 12.1. The second kappa shape index (κ2) is 6.24. The van der Waals surface area contributed by atoms with Gasteiger partial charge in [0.25, 0.3) is 0 Å². The van der Waals surface area contributed by atoms with Crippen molar-refractivity contribution >= 4 is 5.82 Å². The van der Waals surface area contributed by atoms with E-state index in [1.807, 2.05) is 12.1 Å². The summed E-state index contributed by atoms with van der Waals surface area (Å²) in [5.41, 5.74) is 12.9. The standard InChI is InChI=1S/C17H22N4/c18-17-11-12(8-9-20-17)10-16(21-19)15-7-3-5-13-4-1-2-6-14(13)15/h1-2,4,6,8-9,11,15-16,21H,3,5,7,10,19H2,(H2,18,20). The molecular formula is C17H22N4. The van der Waals surface area contributed by atoms with Crippen LogP contribution >= 0.6 is 0 Å². The van der Waals surface area contributed by atoms with Gasteiger partial charge in [-0.05, 0) is 54.5 Å². The van der Waals surface area contributed by atoms with Gasteiger partial charge in [0.05, 0.1) is 0 Å². The SMILES string of the molecule is NNC(Cc1ccnc(N)c1)C1CCCc2ccccc21. The van der Waals surface area contributed by atoms with E-state index < -0.39 is 0 Å². The Morgan fingerprint density at radius 3 is 2.95 bits per heavy atom. The number of nitrogens with one attached hydrogen (secondary N) is 1. The highest BCUT2D eigenvalue weighted by Crippen LogP contribution is 2.34. The summed E-state index contributed by atoms with van der Waals surface area (Å²) in [5.74, 6) is 6.87. The molecule has 4 heteroatoms. The van der Waals surface area contributed by atoms with Crippen molar-refractivity contribution in [3.8, 4) is 0 Å². The molecule has 5 N–H and O–H groups in total. The number of hydrogen-bond acceptors (Lipinski definition) is 4. The van der Waals surface area contributed by atoms with Crippen molar-refractivity contribution in [1.82, 2.24) is 10.4 Å². The molecule has 0 radical (unpaired) electrons. The van der Waals surface area contributed by atoms with E-state index in [4.69, 9.17) is 11.6 Å². The fourth-order valence-electron chi connectivity index (χ4n) is 3.40. The van der Waals surface area contributed by atoms with Gasteiger partial charge in [-0.2, -0.15) is 0 Å². The number of nitrogens with two attached hydrogens (primary N) is 2. The molecule has 3 rings (SSSR count). The van der Waals surface area contributed by atoms with Gasteiger partial charge >= 0.3 is 0 Å². The molecule has 110 valence electrons. The summed E-state index contributed by atoms with van der Waals surface area (Å²) in [6.07, 6.45) is 6.19. The van der Waals surface area contributed by atoms with Crippen molar-refractivity contribution in [1.29, 1.82) is 0 Å². The summed E-state index contributed by atoms with van der Waals surface area (Å²) in [5, 5.41) is 0. The summed E-state index contributed by atoms with van der Waals surface area (Å²) in [4.78, 5) is 4.05. The minimum absolute atomic E-state index is 0.216. The highest BCUT2D eigenvalue weighted by molar-refractivity contribution is 5.36. The minimum atomic E-state index is 0.216. The first-order valence-corrected chi connectivity index (χ1v) is 7.52. The van der Waals surface area contributed by atoms with Crippen LogP contribution in [0.3, 0.4) is 0 Å². The van der Waals surface area contributed by atoms with Crippen LogP contribution in [0.4, 0.5) is 5.82 Å². The smallest absolute Gasteiger partial charge is 0.123 e. The van der Waals surface area contributed by atoms with E-state index in [2.05, 4.69) is 34.7 Å². The monoisotopic (exact) mass is 282 g/mol. The molecule has 1 heterocycles. The molecule has 1 aromatic carbocycles. The van der Waals surface area contributed by atoms with Gasteiger partial charge in [-0.3, -0.25) is 11.3 Å². The lowest BCUT2D eigenvalue weighted by Gasteiger charge is -2.32. The Bertz CT molecular complexity index is 611. The number of aromatic nitrogens is 1. The number of aryl methyl sites for hydroxylation is 1. The molecule has 0 bridgehead atoms. The molecule has 2 unspecified atom stereocenters. The number of anilines is 1. The van der Waals surface area contributed by atoms with Crippen molar-refractivity contribution in [3.05, 3.63) is 59.3 Å². The highest BCUT2D eigenvalue weighted by Gasteiger charge is 2.27. The number of benzene rings is 1. The fraction of sp³-hybridized carbons (Fsp3) is 0.353. The van der Waals surface area contributed by atoms with Crippen molar-refractivity contribution in [3.63, 3.8) is 0 Å². The van der Waals surface area contributed by atoms with Crippen LogP contribution in [0.15, 0.2) is 42.6 Å². The lowest BCUT2D eigenvalue weighted by Crippen LogP contribution is -2.42. The Balaban J connectivity index is 1.84. The normalized spacial score (nSPS) is 19.0. The average molecular weight is 282 g/mol. The number of pyridine rings is 1. The van der Waals surface area contributed by atoms with E-state index in [1.54, 1.807) is 6.20 Å². The molecule has 0 fully saturated rings. The number of nitrogens with zero attached hydrogens (tertiary/aromatic N) is 1. The lowest BCUT2D eigenvalue weighted by atomic mass is 9.77. The third kappa shape index (κ3) is 3.06. The first-order chi connectivity index (χ1) is 10.3. The van der Waals surface area contributed by atoms with Crippen LogP contribution in [0, 0.1) is 0 Å². The Kier molecular flexibility index (Phi) is 4.18. The van der Waals surface area contributed by atoms with Crippen LogP contribution in [0.25, 0.3) is 0 Å². The third-order valence-corrected chi connectivity index (χ3v) is 4.42. The second-order valence-corrected chi connectivity index (χ2v) is 5.76. The van der Waals surface area contributed by atoms with Crippen molar-refractivity contribution in [2.45, 2.75) is 37.6 Å².